The Morgan fingerprint density at radius 3 is 2.42 bits per heavy atom. The average molecular weight is 376 g/mol. The van der Waals surface area contributed by atoms with Gasteiger partial charge in [0.05, 0.1) is 11.5 Å². The van der Waals surface area contributed by atoms with Gasteiger partial charge >= 0.3 is 0 Å². The predicted octanol–water partition coefficient (Wildman–Crippen LogP) is 3.41. The number of rotatable bonds is 8. The summed E-state index contributed by atoms with van der Waals surface area (Å²) in [6.07, 6.45) is 0.678. The van der Waals surface area contributed by atoms with Crippen LogP contribution in [0.4, 0.5) is 5.69 Å². The van der Waals surface area contributed by atoms with Crippen molar-refractivity contribution in [2.24, 2.45) is 0 Å². The highest BCUT2D eigenvalue weighted by Gasteiger charge is 2.18. The van der Waals surface area contributed by atoms with Gasteiger partial charge in [-0.25, -0.2) is 13.1 Å². The molecule has 0 fully saturated rings. The monoisotopic (exact) mass is 376 g/mol. The van der Waals surface area contributed by atoms with E-state index in [0.717, 1.165) is 5.75 Å². The third-order valence-electron chi connectivity index (χ3n) is 3.80. The van der Waals surface area contributed by atoms with E-state index in [1.165, 1.54) is 12.1 Å². The van der Waals surface area contributed by atoms with Gasteiger partial charge in [-0.05, 0) is 62.7 Å². The quantitative estimate of drug-likeness (QED) is 0.739. The molecule has 0 radical (unpaired) electrons. The van der Waals surface area contributed by atoms with Gasteiger partial charge < -0.3 is 10.1 Å². The summed E-state index contributed by atoms with van der Waals surface area (Å²) in [5.41, 5.74) is 0.871. The fourth-order valence-electron chi connectivity index (χ4n) is 2.23. The van der Waals surface area contributed by atoms with Crippen LogP contribution in [0.3, 0.4) is 0 Å². The molecule has 2 aromatic carbocycles. The normalized spacial score (nSPS) is 12.4. The van der Waals surface area contributed by atoms with Crippen molar-refractivity contribution in [3.05, 3.63) is 54.1 Å². The number of sulfonamides is 1. The Balaban J connectivity index is 2.15. The molecule has 0 aliphatic rings. The maximum absolute atomic E-state index is 12.4. The van der Waals surface area contributed by atoms with E-state index in [4.69, 9.17) is 4.74 Å². The smallest absolute Gasteiger partial charge is 0.255 e. The van der Waals surface area contributed by atoms with Crippen molar-refractivity contribution in [1.82, 2.24) is 4.72 Å². The van der Waals surface area contributed by atoms with Crippen LogP contribution in [-0.4, -0.2) is 27.0 Å². The van der Waals surface area contributed by atoms with E-state index in [1.807, 2.05) is 13.8 Å². The van der Waals surface area contributed by atoms with Crippen molar-refractivity contribution < 1.29 is 17.9 Å². The Hall–Kier alpha value is -2.38. The van der Waals surface area contributed by atoms with Gasteiger partial charge in [-0.15, -0.1) is 0 Å². The number of hydrogen-bond acceptors (Lipinski definition) is 4. The highest BCUT2D eigenvalue weighted by atomic mass is 32.2. The lowest BCUT2D eigenvalue weighted by atomic mass is 10.2. The standard InChI is InChI=1S/C19H24N2O4S/c1-4-14(3)21-26(23,24)18-8-6-7-15(13-18)19(22)20-16-9-11-17(12-10-16)25-5-2/h6-14,21H,4-5H2,1-3H3,(H,20,22). The molecule has 2 N–H and O–H groups in total. The fourth-order valence-corrected chi connectivity index (χ4v) is 3.60. The lowest BCUT2D eigenvalue weighted by Gasteiger charge is -2.13. The molecule has 0 spiro atoms. The minimum absolute atomic E-state index is 0.0668. The number of hydrogen-bond donors (Lipinski definition) is 2. The van der Waals surface area contributed by atoms with Crippen molar-refractivity contribution in [1.29, 1.82) is 0 Å². The summed E-state index contributed by atoms with van der Waals surface area (Å²) < 4.78 is 32.7. The predicted molar refractivity (Wildman–Crippen MR) is 102 cm³/mol. The molecule has 7 heteroatoms. The molecule has 0 aliphatic heterocycles. The van der Waals surface area contributed by atoms with E-state index in [9.17, 15) is 13.2 Å². The molecule has 1 atom stereocenters. The van der Waals surface area contributed by atoms with E-state index in [-0.39, 0.29) is 22.4 Å². The first-order valence-electron chi connectivity index (χ1n) is 8.52. The average Bonchev–Trinajstić information content (AvgIpc) is 2.63. The molecule has 0 bridgehead atoms. The summed E-state index contributed by atoms with van der Waals surface area (Å²) in [6.45, 7) is 6.15. The molecular formula is C19H24N2O4S. The van der Waals surface area contributed by atoms with Crippen LogP contribution in [0.1, 0.15) is 37.6 Å². The van der Waals surface area contributed by atoms with Crippen LogP contribution in [0.15, 0.2) is 53.4 Å². The van der Waals surface area contributed by atoms with Crippen molar-refractivity contribution in [3.63, 3.8) is 0 Å². The molecule has 2 aromatic rings. The molecule has 0 aliphatic carbocycles. The number of benzene rings is 2. The Morgan fingerprint density at radius 2 is 1.81 bits per heavy atom. The molecule has 0 aromatic heterocycles. The first-order chi connectivity index (χ1) is 12.4. The largest absolute Gasteiger partial charge is 0.494 e. The maximum atomic E-state index is 12.4. The SMILES string of the molecule is CCOc1ccc(NC(=O)c2cccc(S(=O)(=O)NC(C)CC)c2)cc1. The van der Waals surface area contributed by atoms with Gasteiger partial charge in [0.15, 0.2) is 0 Å². The van der Waals surface area contributed by atoms with Crippen LogP contribution in [0.25, 0.3) is 0 Å². The molecule has 0 heterocycles. The first-order valence-corrected chi connectivity index (χ1v) is 10.0. The van der Waals surface area contributed by atoms with Gasteiger partial charge in [0, 0.05) is 17.3 Å². The topological polar surface area (TPSA) is 84.5 Å². The van der Waals surface area contributed by atoms with Gasteiger partial charge in [-0.1, -0.05) is 13.0 Å². The van der Waals surface area contributed by atoms with Gasteiger partial charge in [-0.3, -0.25) is 4.79 Å². The summed E-state index contributed by atoms with van der Waals surface area (Å²) >= 11 is 0. The van der Waals surface area contributed by atoms with Crippen molar-refractivity contribution >= 4 is 21.6 Å². The summed E-state index contributed by atoms with van der Waals surface area (Å²) in [4.78, 5) is 12.5. The first kappa shape index (κ1) is 19.9. The van der Waals surface area contributed by atoms with Crippen LogP contribution in [-0.2, 0) is 10.0 Å². The molecule has 1 unspecified atom stereocenters. The van der Waals surface area contributed by atoms with E-state index in [0.29, 0.717) is 18.7 Å². The van der Waals surface area contributed by atoms with E-state index >= 15 is 0 Å². The molecule has 2 rings (SSSR count). The summed E-state index contributed by atoms with van der Waals surface area (Å²) in [7, 11) is -3.66. The van der Waals surface area contributed by atoms with Crippen LogP contribution in [0, 0.1) is 0 Å². The second-order valence-corrected chi connectivity index (χ2v) is 7.58. The second kappa shape index (κ2) is 8.82. The number of carbonyl (C=O) groups is 1. The number of amides is 1. The number of carbonyl (C=O) groups excluding carboxylic acids is 1. The molecule has 6 nitrogen and oxygen atoms in total. The Kier molecular flexibility index (Phi) is 6.76. The Bertz CT molecular complexity index is 848. The van der Waals surface area contributed by atoms with Crippen molar-refractivity contribution in [2.75, 3.05) is 11.9 Å². The van der Waals surface area contributed by atoms with E-state index < -0.39 is 10.0 Å². The maximum Gasteiger partial charge on any atom is 0.255 e. The zero-order valence-corrected chi connectivity index (χ0v) is 16.0. The number of anilines is 1. The van der Waals surface area contributed by atoms with Gasteiger partial charge in [-0.2, -0.15) is 0 Å². The van der Waals surface area contributed by atoms with Gasteiger partial charge in [0.1, 0.15) is 5.75 Å². The summed E-state index contributed by atoms with van der Waals surface area (Å²) in [5, 5.41) is 2.75. The lowest BCUT2D eigenvalue weighted by molar-refractivity contribution is 0.102. The third-order valence-corrected chi connectivity index (χ3v) is 5.39. The van der Waals surface area contributed by atoms with Gasteiger partial charge in [0.2, 0.25) is 10.0 Å². The lowest BCUT2D eigenvalue weighted by Crippen LogP contribution is -2.32. The molecule has 0 saturated heterocycles. The molecular weight excluding hydrogens is 352 g/mol. The molecule has 140 valence electrons. The fraction of sp³-hybridized carbons (Fsp3) is 0.316. The highest BCUT2D eigenvalue weighted by Crippen LogP contribution is 2.18. The summed E-state index contributed by atoms with van der Waals surface area (Å²) in [6, 6.07) is 12.8. The van der Waals surface area contributed by atoms with Crippen LogP contribution >= 0.6 is 0 Å². The van der Waals surface area contributed by atoms with Gasteiger partial charge in [0.25, 0.3) is 5.91 Å². The number of nitrogens with one attached hydrogen (secondary N) is 2. The Labute approximate surface area is 154 Å². The van der Waals surface area contributed by atoms with Crippen molar-refractivity contribution in [3.8, 4) is 5.75 Å². The highest BCUT2D eigenvalue weighted by molar-refractivity contribution is 7.89. The molecule has 26 heavy (non-hydrogen) atoms. The van der Waals surface area contributed by atoms with Crippen molar-refractivity contribution in [2.45, 2.75) is 38.1 Å². The minimum Gasteiger partial charge on any atom is -0.494 e. The molecule has 1 amide bonds. The number of ether oxygens (including phenoxy) is 1. The zero-order valence-electron chi connectivity index (χ0n) is 15.2. The van der Waals surface area contributed by atoms with Crippen LogP contribution in [0.2, 0.25) is 0 Å². The van der Waals surface area contributed by atoms with E-state index in [1.54, 1.807) is 43.3 Å². The van der Waals surface area contributed by atoms with E-state index in [2.05, 4.69) is 10.0 Å². The van der Waals surface area contributed by atoms with Crippen LogP contribution < -0.4 is 14.8 Å². The second-order valence-electron chi connectivity index (χ2n) is 5.87. The summed E-state index contributed by atoms with van der Waals surface area (Å²) in [5.74, 6) is 0.337. The van der Waals surface area contributed by atoms with Crippen LogP contribution in [0.5, 0.6) is 5.75 Å². The minimum atomic E-state index is -3.66. The zero-order chi connectivity index (χ0) is 19.2. The molecule has 0 saturated carbocycles. The Morgan fingerprint density at radius 1 is 1.12 bits per heavy atom. The third kappa shape index (κ3) is 5.31.